The molecule has 0 aliphatic rings. The fraction of sp³-hybridized carbons (Fsp3) is 0.200. The summed E-state index contributed by atoms with van der Waals surface area (Å²) in [6.07, 6.45) is 5.39. The van der Waals surface area contributed by atoms with Crippen LogP contribution >= 0.6 is 0 Å². The predicted molar refractivity (Wildman–Crippen MR) is 84.6 cm³/mol. The van der Waals surface area contributed by atoms with E-state index in [1.807, 2.05) is 28.8 Å². The molecular weight excluding hydrogens is 264 g/mol. The molecule has 0 saturated carbocycles. The van der Waals surface area contributed by atoms with Crippen molar-refractivity contribution in [1.29, 1.82) is 0 Å². The van der Waals surface area contributed by atoms with E-state index in [2.05, 4.69) is 40.6 Å². The molecule has 1 aromatic carbocycles. The lowest BCUT2D eigenvalue weighted by molar-refractivity contribution is 0.869. The minimum absolute atomic E-state index is 0.417. The molecule has 0 unspecified atom stereocenters. The summed E-state index contributed by atoms with van der Waals surface area (Å²) >= 11 is 0. The number of anilines is 3. The number of nitrogen functional groups attached to an aromatic ring is 1. The molecule has 0 saturated heterocycles. The molecule has 0 fully saturated rings. The Labute approximate surface area is 123 Å². The number of imidazole rings is 1. The zero-order valence-corrected chi connectivity index (χ0v) is 12.0. The number of fused-ring (bicyclic) bond motifs is 1. The number of nitrogens with one attached hydrogen (secondary N) is 2. The van der Waals surface area contributed by atoms with Crippen molar-refractivity contribution in [2.24, 2.45) is 5.84 Å². The fourth-order valence-electron chi connectivity index (χ4n) is 2.33. The first-order chi connectivity index (χ1) is 10.2. The number of aromatic nitrogens is 3. The van der Waals surface area contributed by atoms with E-state index in [9.17, 15) is 0 Å². The SMILES string of the molecule is CC(C)c1ccccc1Nc1nc(NN)cn2ccnc12. The molecule has 0 aliphatic heterocycles. The van der Waals surface area contributed by atoms with E-state index in [0.29, 0.717) is 17.6 Å². The minimum Gasteiger partial charge on any atom is -0.337 e. The van der Waals surface area contributed by atoms with Gasteiger partial charge < -0.3 is 15.1 Å². The molecule has 0 radical (unpaired) electrons. The summed E-state index contributed by atoms with van der Waals surface area (Å²) < 4.78 is 1.88. The van der Waals surface area contributed by atoms with Crippen LogP contribution < -0.4 is 16.6 Å². The fourth-order valence-corrected chi connectivity index (χ4v) is 2.33. The highest BCUT2D eigenvalue weighted by molar-refractivity contribution is 5.73. The molecular formula is C15H18N6. The molecule has 21 heavy (non-hydrogen) atoms. The van der Waals surface area contributed by atoms with Gasteiger partial charge >= 0.3 is 0 Å². The second-order valence-corrected chi connectivity index (χ2v) is 5.14. The zero-order valence-electron chi connectivity index (χ0n) is 12.0. The van der Waals surface area contributed by atoms with Gasteiger partial charge in [-0.1, -0.05) is 32.0 Å². The minimum atomic E-state index is 0.417. The van der Waals surface area contributed by atoms with E-state index >= 15 is 0 Å². The van der Waals surface area contributed by atoms with Gasteiger partial charge in [0.05, 0.1) is 6.20 Å². The third kappa shape index (κ3) is 2.53. The molecule has 0 bridgehead atoms. The van der Waals surface area contributed by atoms with E-state index in [4.69, 9.17) is 5.84 Å². The maximum absolute atomic E-state index is 5.48. The molecule has 0 amide bonds. The Morgan fingerprint density at radius 3 is 2.81 bits per heavy atom. The van der Waals surface area contributed by atoms with Crippen LogP contribution in [0.25, 0.3) is 5.65 Å². The molecule has 2 heterocycles. The Morgan fingerprint density at radius 1 is 1.24 bits per heavy atom. The van der Waals surface area contributed by atoms with Crippen molar-refractivity contribution in [2.45, 2.75) is 19.8 Å². The van der Waals surface area contributed by atoms with Gasteiger partial charge in [-0.25, -0.2) is 15.8 Å². The Balaban J connectivity index is 2.07. The van der Waals surface area contributed by atoms with Gasteiger partial charge in [0.15, 0.2) is 17.3 Å². The molecule has 0 spiro atoms. The third-order valence-electron chi connectivity index (χ3n) is 3.36. The number of hydrazine groups is 1. The van der Waals surface area contributed by atoms with Crippen molar-refractivity contribution in [3.05, 3.63) is 48.4 Å². The molecule has 108 valence electrons. The maximum atomic E-state index is 5.48. The summed E-state index contributed by atoms with van der Waals surface area (Å²) in [5, 5.41) is 3.37. The third-order valence-corrected chi connectivity index (χ3v) is 3.36. The Kier molecular flexibility index (Phi) is 3.45. The van der Waals surface area contributed by atoms with E-state index < -0.39 is 0 Å². The van der Waals surface area contributed by atoms with E-state index in [1.54, 1.807) is 12.4 Å². The molecule has 3 rings (SSSR count). The first-order valence-corrected chi connectivity index (χ1v) is 6.85. The van der Waals surface area contributed by atoms with Crippen LogP contribution in [0.3, 0.4) is 0 Å². The van der Waals surface area contributed by atoms with Crippen LogP contribution in [-0.4, -0.2) is 14.4 Å². The van der Waals surface area contributed by atoms with Gasteiger partial charge in [-0.05, 0) is 17.5 Å². The van der Waals surface area contributed by atoms with Gasteiger partial charge in [-0.2, -0.15) is 0 Å². The van der Waals surface area contributed by atoms with Crippen molar-refractivity contribution in [3.8, 4) is 0 Å². The summed E-state index contributed by atoms with van der Waals surface area (Å²) in [4.78, 5) is 8.79. The van der Waals surface area contributed by atoms with Crippen molar-refractivity contribution >= 4 is 23.0 Å². The van der Waals surface area contributed by atoms with Crippen LogP contribution in [0.1, 0.15) is 25.3 Å². The summed E-state index contributed by atoms with van der Waals surface area (Å²) in [5.74, 6) is 7.14. The second kappa shape index (κ2) is 5.41. The van der Waals surface area contributed by atoms with Gasteiger partial charge in [0.1, 0.15) is 0 Å². The molecule has 2 aromatic heterocycles. The topological polar surface area (TPSA) is 80.3 Å². The number of para-hydroxylation sites is 1. The molecule has 0 atom stereocenters. The number of rotatable bonds is 4. The van der Waals surface area contributed by atoms with Crippen molar-refractivity contribution in [1.82, 2.24) is 14.4 Å². The quantitative estimate of drug-likeness (QED) is 0.506. The number of nitrogens with two attached hydrogens (primary N) is 1. The average Bonchev–Trinajstić information content (AvgIpc) is 2.96. The van der Waals surface area contributed by atoms with Crippen molar-refractivity contribution in [3.63, 3.8) is 0 Å². The lowest BCUT2D eigenvalue weighted by Gasteiger charge is -2.15. The number of hydrogen-bond donors (Lipinski definition) is 3. The van der Waals surface area contributed by atoms with Gasteiger partial charge in [0.2, 0.25) is 0 Å². The Hall–Kier alpha value is -2.60. The highest BCUT2D eigenvalue weighted by atomic mass is 15.3. The highest BCUT2D eigenvalue weighted by Gasteiger charge is 2.11. The maximum Gasteiger partial charge on any atom is 0.180 e. The normalized spacial score (nSPS) is 11.0. The van der Waals surface area contributed by atoms with Crippen LogP contribution in [-0.2, 0) is 0 Å². The lowest BCUT2D eigenvalue weighted by atomic mass is 10.0. The van der Waals surface area contributed by atoms with E-state index in [-0.39, 0.29) is 0 Å². The van der Waals surface area contributed by atoms with Crippen LogP contribution in [0.15, 0.2) is 42.9 Å². The number of hydrogen-bond acceptors (Lipinski definition) is 5. The highest BCUT2D eigenvalue weighted by Crippen LogP contribution is 2.28. The Morgan fingerprint density at radius 2 is 2.05 bits per heavy atom. The van der Waals surface area contributed by atoms with Gasteiger partial charge in [-0.3, -0.25) is 0 Å². The first kappa shape index (κ1) is 13.4. The lowest BCUT2D eigenvalue weighted by Crippen LogP contribution is -2.11. The molecule has 3 aromatic rings. The van der Waals surface area contributed by atoms with Crippen molar-refractivity contribution in [2.75, 3.05) is 10.7 Å². The largest absolute Gasteiger partial charge is 0.337 e. The van der Waals surface area contributed by atoms with Crippen LogP contribution in [0, 0.1) is 0 Å². The van der Waals surface area contributed by atoms with Crippen LogP contribution in [0.4, 0.5) is 17.3 Å². The monoisotopic (exact) mass is 282 g/mol. The number of benzene rings is 1. The molecule has 6 nitrogen and oxygen atoms in total. The zero-order chi connectivity index (χ0) is 14.8. The summed E-state index contributed by atoms with van der Waals surface area (Å²) in [7, 11) is 0. The standard InChI is InChI=1S/C15H18N6/c1-10(2)11-5-3-4-6-12(11)18-14-15-17-7-8-21(15)9-13(19-14)20-16/h3-10,20H,16H2,1-2H3,(H,18,19). The van der Waals surface area contributed by atoms with Gasteiger partial charge in [-0.15, -0.1) is 0 Å². The molecule has 0 aliphatic carbocycles. The Bertz CT molecular complexity index is 762. The molecule has 6 heteroatoms. The van der Waals surface area contributed by atoms with Gasteiger partial charge in [0.25, 0.3) is 0 Å². The summed E-state index contributed by atoms with van der Waals surface area (Å²) in [5.41, 5.74) is 5.59. The first-order valence-electron chi connectivity index (χ1n) is 6.85. The molecule has 4 N–H and O–H groups in total. The summed E-state index contributed by atoms with van der Waals surface area (Å²) in [6, 6.07) is 8.19. The van der Waals surface area contributed by atoms with Gasteiger partial charge in [0, 0.05) is 18.1 Å². The predicted octanol–water partition coefficient (Wildman–Crippen LogP) is 2.88. The summed E-state index contributed by atoms with van der Waals surface area (Å²) in [6.45, 7) is 4.33. The van der Waals surface area contributed by atoms with Crippen LogP contribution in [0.5, 0.6) is 0 Å². The van der Waals surface area contributed by atoms with Crippen molar-refractivity contribution < 1.29 is 0 Å². The average molecular weight is 282 g/mol. The van der Waals surface area contributed by atoms with E-state index in [0.717, 1.165) is 11.3 Å². The van der Waals surface area contributed by atoms with E-state index in [1.165, 1.54) is 5.56 Å². The smallest absolute Gasteiger partial charge is 0.180 e. The van der Waals surface area contributed by atoms with Crippen LogP contribution in [0.2, 0.25) is 0 Å². The number of nitrogens with zero attached hydrogens (tertiary/aromatic N) is 3. The second-order valence-electron chi connectivity index (χ2n) is 5.14.